The Bertz CT molecular complexity index is 896. The van der Waals surface area contributed by atoms with E-state index in [1.165, 1.54) is 0 Å². The Balaban J connectivity index is 1.77. The predicted molar refractivity (Wildman–Crippen MR) is 107 cm³/mol. The number of sulfonamides is 1. The van der Waals surface area contributed by atoms with E-state index in [0.29, 0.717) is 25.7 Å². The normalized spacial score (nSPS) is 23.3. The summed E-state index contributed by atoms with van der Waals surface area (Å²) in [5.41, 5.74) is 3.40. The van der Waals surface area contributed by atoms with Crippen molar-refractivity contribution in [3.8, 4) is 11.3 Å². The summed E-state index contributed by atoms with van der Waals surface area (Å²) in [6.45, 7) is 5.91. The highest BCUT2D eigenvalue weighted by Gasteiger charge is 2.31. The first-order valence-corrected chi connectivity index (χ1v) is 11.0. The second-order valence-corrected chi connectivity index (χ2v) is 9.50. The largest absolute Gasteiger partial charge is 0.390 e. The van der Waals surface area contributed by atoms with E-state index in [2.05, 4.69) is 22.7 Å². The highest BCUT2D eigenvalue weighted by molar-refractivity contribution is 7.89. The molecule has 1 aliphatic rings. The molecular formula is C21H28N2O3S. The molecule has 0 bridgehead atoms. The fourth-order valence-corrected chi connectivity index (χ4v) is 4.90. The lowest BCUT2D eigenvalue weighted by molar-refractivity contribution is 0.0163. The number of pyridine rings is 1. The van der Waals surface area contributed by atoms with Crippen LogP contribution in [0.25, 0.3) is 11.3 Å². The zero-order valence-electron chi connectivity index (χ0n) is 16.2. The Hall–Kier alpha value is -1.76. The van der Waals surface area contributed by atoms with Crippen molar-refractivity contribution in [1.82, 2.24) is 9.71 Å². The van der Waals surface area contributed by atoms with Crippen LogP contribution in [-0.4, -0.2) is 30.2 Å². The SMILES string of the molecule is CCc1cc(C)cnc1-c1ccc(S(=O)(=O)N[C@H]2CC[C@](C)(O)CC2)cc1. The van der Waals surface area contributed by atoms with Crippen molar-refractivity contribution in [3.63, 3.8) is 0 Å². The van der Waals surface area contributed by atoms with Gasteiger partial charge in [0.15, 0.2) is 0 Å². The Labute approximate surface area is 161 Å². The topological polar surface area (TPSA) is 79.3 Å². The van der Waals surface area contributed by atoms with Gasteiger partial charge >= 0.3 is 0 Å². The van der Waals surface area contributed by atoms with E-state index in [-0.39, 0.29) is 10.9 Å². The van der Waals surface area contributed by atoms with Gasteiger partial charge in [-0.2, -0.15) is 0 Å². The molecule has 0 amide bonds. The molecule has 5 nitrogen and oxygen atoms in total. The first-order valence-electron chi connectivity index (χ1n) is 9.51. The van der Waals surface area contributed by atoms with Crippen LogP contribution in [0.2, 0.25) is 0 Å². The van der Waals surface area contributed by atoms with Crippen LogP contribution in [0.3, 0.4) is 0 Å². The Kier molecular flexibility index (Phi) is 5.70. The number of hydrogen-bond donors (Lipinski definition) is 2. The van der Waals surface area contributed by atoms with Crippen molar-refractivity contribution >= 4 is 10.0 Å². The summed E-state index contributed by atoms with van der Waals surface area (Å²) >= 11 is 0. The van der Waals surface area contributed by atoms with Gasteiger partial charge in [-0.3, -0.25) is 4.98 Å². The maximum atomic E-state index is 12.7. The van der Waals surface area contributed by atoms with Crippen LogP contribution < -0.4 is 4.72 Å². The second kappa shape index (κ2) is 7.70. The molecule has 1 aromatic heterocycles. The molecule has 1 fully saturated rings. The van der Waals surface area contributed by atoms with Crippen LogP contribution in [0.1, 0.15) is 50.7 Å². The van der Waals surface area contributed by atoms with Crippen molar-refractivity contribution < 1.29 is 13.5 Å². The highest BCUT2D eigenvalue weighted by Crippen LogP contribution is 2.29. The molecule has 0 radical (unpaired) electrons. The number of nitrogens with zero attached hydrogens (tertiary/aromatic N) is 1. The number of aryl methyl sites for hydroxylation is 2. The maximum Gasteiger partial charge on any atom is 0.240 e. The molecule has 1 aliphatic carbocycles. The molecule has 6 heteroatoms. The predicted octanol–water partition coefficient (Wildman–Crippen LogP) is 3.59. The lowest BCUT2D eigenvalue weighted by Crippen LogP contribution is -2.42. The molecule has 3 rings (SSSR count). The minimum Gasteiger partial charge on any atom is -0.390 e. The highest BCUT2D eigenvalue weighted by atomic mass is 32.2. The molecule has 1 saturated carbocycles. The quantitative estimate of drug-likeness (QED) is 0.820. The molecule has 0 atom stereocenters. The van der Waals surface area contributed by atoms with Gasteiger partial charge in [0.05, 0.1) is 16.2 Å². The third-order valence-corrected chi connectivity index (χ3v) is 6.84. The third-order valence-electron chi connectivity index (χ3n) is 5.31. The van der Waals surface area contributed by atoms with Gasteiger partial charge in [-0.15, -0.1) is 0 Å². The van der Waals surface area contributed by atoms with E-state index in [1.54, 1.807) is 19.1 Å². The molecule has 2 aromatic rings. The summed E-state index contributed by atoms with van der Waals surface area (Å²) in [5, 5.41) is 10.0. The standard InChI is InChI=1S/C21H28N2O3S/c1-4-16-13-15(2)14-22-20(16)17-5-7-19(8-6-17)27(25,26)23-18-9-11-21(3,24)12-10-18/h5-8,13-14,18,23-24H,4,9-12H2,1-3H3/t18-,21-. The monoisotopic (exact) mass is 388 g/mol. The van der Waals surface area contributed by atoms with Gasteiger partial charge in [0.1, 0.15) is 0 Å². The minimum absolute atomic E-state index is 0.125. The fraction of sp³-hybridized carbons (Fsp3) is 0.476. The smallest absolute Gasteiger partial charge is 0.240 e. The van der Waals surface area contributed by atoms with Gasteiger partial charge in [-0.05, 0) is 69.2 Å². The summed E-state index contributed by atoms with van der Waals surface area (Å²) in [5.74, 6) is 0. The number of aromatic nitrogens is 1. The molecule has 0 aliphatic heterocycles. The molecule has 27 heavy (non-hydrogen) atoms. The summed E-state index contributed by atoms with van der Waals surface area (Å²) < 4.78 is 28.2. The lowest BCUT2D eigenvalue weighted by atomic mass is 9.84. The molecule has 1 heterocycles. The Morgan fingerprint density at radius 3 is 2.44 bits per heavy atom. The van der Waals surface area contributed by atoms with Crippen LogP contribution in [-0.2, 0) is 16.4 Å². The van der Waals surface area contributed by atoms with E-state index < -0.39 is 15.6 Å². The number of hydrogen-bond acceptors (Lipinski definition) is 4. The number of nitrogens with one attached hydrogen (secondary N) is 1. The maximum absolute atomic E-state index is 12.7. The van der Waals surface area contributed by atoms with Crippen LogP contribution in [0.15, 0.2) is 41.4 Å². The van der Waals surface area contributed by atoms with Gasteiger partial charge < -0.3 is 5.11 Å². The van der Waals surface area contributed by atoms with E-state index in [1.807, 2.05) is 25.3 Å². The molecule has 146 valence electrons. The average Bonchev–Trinajstić information content (AvgIpc) is 2.63. The number of aliphatic hydroxyl groups is 1. The van der Waals surface area contributed by atoms with Crippen LogP contribution >= 0.6 is 0 Å². The van der Waals surface area contributed by atoms with E-state index in [0.717, 1.165) is 28.8 Å². The average molecular weight is 389 g/mol. The zero-order valence-corrected chi connectivity index (χ0v) is 17.0. The first-order chi connectivity index (χ1) is 12.7. The van der Waals surface area contributed by atoms with Crippen molar-refractivity contribution in [1.29, 1.82) is 0 Å². The van der Waals surface area contributed by atoms with E-state index in [9.17, 15) is 13.5 Å². The summed E-state index contributed by atoms with van der Waals surface area (Å²) in [6, 6.07) is 8.90. The number of rotatable bonds is 5. The molecule has 0 saturated heterocycles. The number of benzene rings is 1. The molecular weight excluding hydrogens is 360 g/mol. The summed E-state index contributed by atoms with van der Waals surface area (Å²) in [7, 11) is -3.57. The van der Waals surface area contributed by atoms with Gasteiger partial charge in [-0.25, -0.2) is 13.1 Å². The van der Waals surface area contributed by atoms with Crippen LogP contribution in [0.5, 0.6) is 0 Å². The van der Waals surface area contributed by atoms with Gasteiger partial charge in [0.2, 0.25) is 10.0 Å². The first kappa shape index (κ1) is 20.0. The van der Waals surface area contributed by atoms with Gasteiger partial charge in [0, 0.05) is 17.8 Å². The molecule has 2 N–H and O–H groups in total. The lowest BCUT2D eigenvalue weighted by Gasteiger charge is -2.33. The Morgan fingerprint density at radius 1 is 1.22 bits per heavy atom. The minimum atomic E-state index is -3.57. The van der Waals surface area contributed by atoms with Gasteiger partial charge in [0.25, 0.3) is 0 Å². The second-order valence-electron chi connectivity index (χ2n) is 7.79. The Morgan fingerprint density at radius 2 is 1.85 bits per heavy atom. The van der Waals surface area contributed by atoms with Crippen molar-refractivity contribution in [2.24, 2.45) is 0 Å². The van der Waals surface area contributed by atoms with E-state index >= 15 is 0 Å². The fourth-order valence-electron chi connectivity index (χ4n) is 3.60. The molecule has 1 aromatic carbocycles. The molecule has 0 spiro atoms. The van der Waals surface area contributed by atoms with Crippen LogP contribution in [0, 0.1) is 6.92 Å². The van der Waals surface area contributed by atoms with Crippen molar-refractivity contribution in [3.05, 3.63) is 47.7 Å². The van der Waals surface area contributed by atoms with Crippen LogP contribution in [0.4, 0.5) is 0 Å². The van der Waals surface area contributed by atoms with Crippen molar-refractivity contribution in [2.75, 3.05) is 0 Å². The summed E-state index contributed by atoms with van der Waals surface area (Å²) in [6.07, 6.45) is 5.22. The van der Waals surface area contributed by atoms with Gasteiger partial charge in [-0.1, -0.05) is 25.1 Å². The zero-order chi connectivity index (χ0) is 19.7. The van der Waals surface area contributed by atoms with Crippen molar-refractivity contribution in [2.45, 2.75) is 69.4 Å². The van der Waals surface area contributed by atoms with E-state index in [4.69, 9.17) is 0 Å². The summed E-state index contributed by atoms with van der Waals surface area (Å²) in [4.78, 5) is 4.79. The molecule has 0 unspecified atom stereocenters. The third kappa shape index (κ3) is 4.75.